The van der Waals surface area contributed by atoms with Crippen LogP contribution in [0.2, 0.25) is 5.02 Å². The molecule has 6 heteroatoms. The van der Waals surface area contributed by atoms with E-state index in [1.54, 1.807) is 16.8 Å². The molecule has 4 rings (SSSR count). The quantitative estimate of drug-likeness (QED) is 0.743. The maximum Gasteiger partial charge on any atom is 0.226 e. The molecule has 0 fully saturated rings. The third-order valence-electron chi connectivity index (χ3n) is 4.46. The molecule has 1 atom stereocenters. The molecule has 1 aliphatic heterocycles. The topological polar surface area (TPSA) is 56.1 Å². The Balaban J connectivity index is 1.76. The summed E-state index contributed by atoms with van der Waals surface area (Å²) in [5.74, 6) is 1.43. The van der Waals surface area contributed by atoms with E-state index in [9.17, 15) is 4.79 Å². The monoisotopic (exact) mass is 367 g/mol. The van der Waals surface area contributed by atoms with E-state index in [1.807, 2.05) is 49.5 Å². The number of ether oxygens (including phenoxy) is 1. The van der Waals surface area contributed by atoms with Gasteiger partial charge < -0.3 is 10.1 Å². The lowest BCUT2D eigenvalue weighted by Gasteiger charge is -2.24. The summed E-state index contributed by atoms with van der Waals surface area (Å²) in [4.78, 5) is 12.4. The van der Waals surface area contributed by atoms with Crippen LogP contribution < -0.4 is 10.1 Å². The Kier molecular flexibility index (Phi) is 4.39. The molecule has 0 aliphatic carbocycles. The molecule has 26 heavy (non-hydrogen) atoms. The van der Waals surface area contributed by atoms with Gasteiger partial charge in [0.05, 0.1) is 18.5 Å². The van der Waals surface area contributed by atoms with Crippen molar-refractivity contribution in [2.24, 2.45) is 0 Å². The molecule has 0 radical (unpaired) electrons. The smallest absolute Gasteiger partial charge is 0.226 e. The zero-order valence-electron chi connectivity index (χ0n) is 14.3. The zero-order chi connectivity index (χ0) is 18.1. The van der Waals surface area contributed by atoms with E-state index in [4.69, 9.17) is 16.3 Å². The molecular weight excluding hydrogens is 350 g/mol. The van der Waals surface area contributed by atoms with Crippen molar-refractivity contribution in [2.75, 3.05) is 11.9 Å². The van der Waals surface area contributed by atoms with Crippen molar-refractivity contribution in [3.8, 4) is 11.4 Å². The molecule has 5 nitrogen and oxygen atoms in total. The fourth-order valence-corrected chi connectivity index (χ4v) is 3.41. The average Bonchev–Trinajstić information content (AvgIpc) is 3.06. The molecular formula is C20H18ClN3O2. The minimum Gasteiger partial charge on any atom is -0.494 e. The summed E-state index contributed by atoms with van der Waals surface area (Å²) in [5, 5.41) is 8.11. The first-order valence-corrected chi connectivity index (χ1v) is 8.90. The number of aromatic nitrogens is 2. The van der Waals surface area contributed by atoms with Gasteiger partial charge in [0.15, 0.2) is 0 Å². The number of hydrogen-bond acceptors (Lipinski definition) is 3. The number of fused-ring (bicyclic) bond motifs is 1. The van der Waals surface area contributed by atoms with Crippen LogP contribution in [0.15, 0.2) is 54.7 Å². The fraction of sp³-hybridized carbons (Fsp3) is 0.200. The third-order valence-corrected chi connectivity index (χ3v) is 4.71. The van der Waals surface area contributed by atoms with Crippen LogP contribution in [0.5, 0.6) is 5.75 Å². The van der Waals surface area contributed by atoms with E-state index in [0.29, 0.717) is 23.9 Å². The van der Waals surface area contributed by atoms with Crippen molar-refractivity contribution in [3.05, 3.63) is 70.9 Å². The molecule has 1 aromatic heterocycles. The van der Waals surface area contributed by atoms with Crippen LogP contribution in [0.25, 0.3) is 5.69 Å². The number of hydrogen-bond donors (Lipinski definition) is 1. The second-order valence-corrected chi connectivity index (χ2v) is 6.58. The molecule has 0 bridgehead atoms. The van der Waals surface area contributed by atoms with E-state index in [0.717, 1.165) is 22.6 Å². The number of carbonyl (C=O) groups excluding carboxylic acids is 1. The van der Waals surface area contributed by atoms with E-state index in [2.05, 4.69) is 10.4 Å². The van der Waals surface area contributed by atoms with Gasteiger partial charge in [-0.05, 0) is 48.9 Å². The predicted octanol–water partition coefficient (Wildman–Crippen LogP) is 4.40. The van der Waals surface area contributed by atoms with Crippen LogP contribution >= 0.6 is 11.6 Å². The Bertz CT molecular complexity index is 950. The van der Waals surface area contributed by atoms with Crippen LogP contribution in [0, 0.1) is 0 Å². The predicted molar refractivity (Wildman–Crippen MR) is 101 cm³/mol. The van der Waals surface area contributed by atoms with Crippen molar-refractivity contribution >= 4 is 23.3 Å². The summed E-state index contributed by atoms with van der Waals surface area (Å²) >= 11 is 5.97. The molecule has 132 valence electrons. The van der Waals surface area contributed by atoms with Crippen LogP contribution in [0.4, 0.5) is 5.82 Å². The van der Waals surface area contributed by atoms with Gasteiger partial charge in [0.1, 0.15) is 11.6 Å². The van der Waals surface area contributed by atoms with Crippen LogP contribution in [-0.2, 0) is 4.79 Å². The standard InChI is InChI=1S/C20H18ClN3O2/c1-2-26-16-5-3-4-13(10-16)17-11-19(25)23-20-18(17)12-22-24(20)15-8-6-14(21)7-9-15/h3-10,12,17H,2,11H2,1H3,(H,23,25)/t17-/m0/s1. The summed E-state index contributed by atoms with van der Waals surface area (Å²) in [5.41, 5.74) is 2.88. The van der Waals surface area contributed by atoms with Gasteiger partial charge in [-0.3, -0.25) is 4.79 Å². The van der Waals surface area contributed by atoms with Crippen molar-refractivity contribution in [3.63, 3.8) is 0 Å². The minimum absolute atomic E-state index is 0.0278. The summed E-state index contributed by atoms with van der Waals surface area (Å²) < 4.78 is 7.34. The van der Waals surface area contributed by atoms with E-state index in [1.165, 1.54) is 0 Å². The number of anilines is 1. The van der Waals surface area contributed by atoms with Gasteiger partial charge in [0, 0.05) is 22.9 Å². The van der Waals surface area contributed by atoms with Gasteiger partial charge in [0.2, 0.25) is 5.91 Å². The van der Waals surface area contributed by atoms with Gasteiger partial charge in [-0.25, -0.2) is 4.68 Å². The zero-order valence-corrected chi connectivity index (χ0v) is 15.0. The Hall–Kier alpha value is -2.79. The summed E-state index contributed by atoms with van der Waals surface area (Å²) in [7, 11) is 0. The van der Waals surface area contributed by atoms with Crippen LogP contribution in [-0.4, -0.2) is 22.3 Å². The van der Waals surface area contributed by atoms with Crippen molar-refractivity contribution < 1.29 is 9.53 Å². The molecule has 2 heterocycles. The molecule has 1 N–H and O–H groups in total. The van der Waals surface area contributed by atoms with E-state index >= 15 is 0 Å². The molecule has 0 unspecified atom stereocenters. The summed E-state index contributed by atoms with van der Waals surface area (Å²) in [6.07, 6.45) is 2.20. The molecule has 0 saturated carbocycles. The van der Waals surface area contributed by atoms with Crippen molar-refractivity contribution in [1.29, 1.82) is 0 Å². The van der Waals surface area contributed by atoms with Crippen molar-refractivity contribution in [1.82, 2.24) is 9.78 Å². The third kappa shape index (κ3) is 3.06. The summed E-state index contributed by atoms with van der Waals surface area (Å²) in [6.45, 7) is 2.56. The second-order valence-electron chi connectivity index (χ2n) is 6.15. The highest BCUT2D eigenvalue weighted by Gasteiger charge is 2.30. The fourth-order valence-electron chi connectivity index (χ4n) is 3.28. The van der Waals surface area contributed by atoms with Gasteiger partial charge in [0.25, 0.3) is 0 Å². The van der Waals surface area contributed by atoms with E-state index < -0.39 is 0 Å². The van der Waals surface area contributed by atoms with Crippen LogP contribution in [0.1, 0.15) is 30.4 Å². The molecule has 2 aromatic carbocycles. The Labute approximate surface area is 156 Å². The maximum absolute atomic E-state index is 12.4. The summed E-state index contributed by atoms with van der Waals surface area (Å²) in [6, 6.07) is 15.3. The number of nitrogens with zero attached hydrogens (tertiary/aromatic N) is 2. The number of benzene rings is 2. The van der Waals surface area contributed by atoms with E-state index in [-0.39, 0.29) is 11.8 Å². The highest BCUT2D eigenvalue weighted by Crippen LogP contribution is 2.38. The highest BCUT2D eigenvalue weighted by molar-refractivity contribution is 6.30. The van der Waals surface area contributed by atoms with Gasteiger partial charge in [-0.1, -0.05) is 23.7 Å². The Morgan fingerprint density at radius 3 is 2.85 bits per heavy atom. The van der Waals surface area contributed by atoms with Gasteiger partial charge in [-0.15, -0.1) is 0 Å². The maximum atomic E-state index is 12.4. The number of nitrogens with one attached hydrogen (secondary N) is 1. The lowest BCUT2D eigenvalue weighted by Crippen LogP contribution is -2.24. The van der Waals surface area contributed by atoms with Crippen LogP contribution in [0.3, 0.4) is 0 Å². The highest BCUT2D eigenvalue weighted by atomic mass is 35.5. The normalized spacial score (nSPS) is 16.1. The number of amides is 1. The molecule has 1 aliphatic rings. The number of halogens is 1. The average molecular weight is 368 g/mol. The van der Waals surface area contributed by atoms with Crippen molar-refractivity contribution in [2.45, 2.75) is 19.3 Å². The first-order chi connectivity index (χ1) is 12.7. The lowest BCUT2D eigenvalue weighted by atomic mass is 9.87. The largest absolute Gasteiger partial charge is 0.494 e. The number of rotatable bonds is 4. The second kappa shape index (κ2) is 6.84. The van der Waals surface area contributed by atoms with Gasteiger partial charge in [-0.2, -0.15) is 5.10 Å². The first-order valence-electron chi connectivity index (χ1n) is 8.52. The molecule has 1 amide bonds. The van der Waals surface area contributed by atoms with Gasteiger partial charge >= 0.3 is 0 Å². The molecule has 0 spiro atoms. The molecule has 0 saturated heterocycles. The SMILES string of the molecule is CCOc1cccc([C@@H]2CC(=O)Nc3c2cnn3-c2ccc(Cl)cc2)c1. The minimum atomic E-state index is -0.0554. The molecule has 3 aromatic rings. The first kappa shape index (κ1) is 16.7. The Morgan fingerprint density at radius 2 is 2.08 bits per heavy atom. The number of carbonyl (C=O) groups is 1. The Morgan fingerprint density at radius 1 is 1.27 bits per heavy atom. The lowest BCUT2D eigenvalue weighted by molar-refractivity contribution is -0.116.